The van der Waals surface area contributed by atoms with Gasteiger partial charge in [-0.1, -0.05) is 30.3 Å². The Morgan fingerprint density at radius 2 is 1.88 bits per heavy atom. The van der Waals surface area contributed by atoms with Gasteiger partial charge in [0.25, 0.3) is 0 Å². The molecule has 0 bridgehead atoms. The van der Waals surface area contributed by atoms with Gasteiger partial charge in [0.1, 0.15) is 0 Å². The van der Waals surface area contributed by atoms with E-state index < -0.39 is 0 Å². The largest absolute Gasteiger partial charge is 0.425 e. The molecule has 0 aliphatic heterocycles. The van der Waals surface area contributed by atoms with Gasteiger partial charge < -0.3 is 9.73 Å². The van der Waals surface area contributed by atoms with E-state index in [1.807, 2.05) is 25.2 Å². The van der Waals surface area contributed by atoms with Gasteiger partial charge in [0.05, 0.1) is 6.42 Å². The van der Waals surface area contributed by atoms with E-state index in [1.54, 1.807) is 0 Å². The molecule has 0 saturated carbocycles. The molecule has 0 spiro atoms. The molecule has 4 nitrogen and oxygen atoms in total. The molecule has 1 N–H and O–H groups in total. The summed E-state index contributed by atoms with van der Waals surface area (Å²) in [6.07, 6.45) is 2.56. The average Bonchev–Trinajstić information content (AvgIpc) is 2.79. The maximum absolute atomic E-state index is 5.58. The van der Waals surface area contributed by atoms with Gasteiger partial charge in [-0.2, -0.15) is 0 Å². The molecule has 0 aliphatic rings. The second-order valence-electron chi connectivity index (χ2n) is 3.96. The van der Waals surface area contributed by atoms with Crippen molar-refractivity contribution in [3.05, 3.63) is 47.7 Å². The molecule has 0 aliphatic carbocycles. The summed E-state index contributed by atoms with van der Waals surface area (Å²) in [6, 6.07) is 10.1. The minimum atomic E-state index is 0.690. The highest BCUT2D eigenvalue weighted by Gasteiger charge is 2.06. The van der Waals surface area contributed by atoms with Crippen molar-refractivity contribution in [2.24, 2.45) is 0 Å². The van der Waals surface area contributed by atoms with Gasteiger partial charge in [0.2, 0.25) is 11.8 Å². The Kier molecular flexibility index (Phi) is 4.27. The van der Waals surface area contributed by atoms with E-state index in [1.165, 1.54) is 5.56 Å². The highest BCUT2D eigenvalue weighted by atomic mass is 16.4. The first kappa shape index (κ1) is 11.8. The topological polar surface area (TPSA) is 51.0 Å². The normalized spacial score (nSPS) is 10.6. The van der Waals surface area contributed by atoms with Crippen LogP contribution in [0.25, 0.3) is 0 Å². The zero-order valence-electron chi connectivity index (χ0n) is 10.0. The van der Waals surface area contributed by atoms with Crippen molar-refractivity contribution in [2.45, 2.75) is 19.3 Å². The van der Waals surface area contributed by atoms with Gasteiger partial charge in [-0.25, -0.2) is 0 Å². The standard InChI is InChI=1S/C13H17N3O/c1-14-9-5-8-12-15-16-13(17-12)10-11-6-3-2-4-7-11/h2-4,6-7,14H,5,8-10H2,1H3. The van der Waals surface area contributed by atoms with Crippen molar-refractivity contribution in [2.75, 3.05) is 13.6 Å². The van der Waals surface area contributed by atoms with Crippen LogP contribution >= 0.6 is 0 Å². The molecule has 0 saturated heterocycles. The monoisotopic (exact) mass is 231 g/mol. The van der Waals surface area contributed by atoms with E-state index in [0.717, 1.165) is 25.3 Å². The Morgan fingerprint density at radius 1 is 1.12 bits per heavy atom. The minimum absolute atomic E-state index is 0.690. The van der Waals surface area contributed by atoms with Crippen molar-refractivity contribution < 1.29 is 4.42 Å². The van der Waals surface area contributed by atoms with Gasteiger partial charge in [-0.05, 0) is 25.6 Å². The molecule has 0 atom stereocenters. The van der Waals surface area contributed by atoms with E-state index in [9.17, 15) is 0 Å². The number of benzene rings is 1. The molecular weight excluding hydrogens is 214 g/mol. The summed E-state index contributed by atoms with van der Waals surface area (Å²) in [7, 11) is 1.94. The molecule has 2 aromatic rings. The summed E-state index contributed by atoms with van der Waals surface area (Å²) >= 11 is 0. The Labute approximate surface area is 101 Å². The molecule has 2 rings (SSSR count). The second kappa shape index (κ2) is 6.15. The molecule has 17 heavy (non-hydrogen) atoms. The predicted molar refractivity (Wildman–Crippen MR) is 65.8 cm³/mol. The zero-order valence-corrected chi connectivity index (χ0v) is 10.0. The molecular formula is C13H17N3O. The highest BCUT2D eigenvalue weighted by Crippen LogP contribution is 2.09. The fourth-order valence-electron chi connectivity index (χ4n) is 1.65. The van der Waals surface area contributed by atoms with Crippen LogP contribution in [0.1, 0.15) is 23.8 Å². The van der Waals surface area contributed by atoms with E-state index in [4.69, 9.17) is 4.42 Å². The minimum Gasteiger partial charge on any atom is -0.425 e. The first-order chi connectivity index (χ1) is 8.38. The third kappa shape index (κ3) is 3.67. The fourth-order valence-corrected chi connectivity index (χ4v) is 1.65. The van der Waals surface area contributed by atoms with Crippen LogP contribution < -0.4 is 5.32 Å². The maximum atomic E-state index is 5.58. The summed E-state index contributed by atoms with van der Waals surface area (Å²) in [5.74, 6) is 1.42. The molecule has 0 amide bonds. The van der Waals surface area contributed by atoms with E-state index in [2.05, 4.69) is 27.6 Å². The van der Waals surface area contributed by atoms with Crippen LogP contribution in [-0.4, -0.2) is 23.8 Å². The summed E-state index contributed by atoms with van der Waals surface area (Å²) in [5.41, 5.74) is 1.19. The molecule has 1 aromatic heterocycles. The molecule has 0 radical (unpaired) electrons. The lowest BCUT2D eigenvalue weighted by Gasteiger charge is -1.96. The van der Waals surface area contributed by atoms with Crippen LogP contribution in [-0.2, 0) is 12.8 Å². The quantitative estimate of drug-likeness (QED) is 0.770. The lowest BCUT2D eigenvalue weighted by atomic mass is 10.2. The Balaban J connectivity index is 1.90. The number of hydrogen-bond donors (Lipinski definition) is 1. The van der Waals surface area contributed by atoms with E-state index in [0.29, 0.717) is 12.3 Å². The van der Waals surface area contributed by atoms with Crippen LogP contribution in [0.4, 0.5) is 0 Å². The van der Waals surface area contributed by atoms with Crippen LogP contribution in [0.2, 0.25) is 0 Å². The van der Waals surface area contributed by atoms with Crippen molar-refractivity contribution in [1.29, 1.82) is 0 Å². The van der Waals surface area contributed by atoms with Gasteiger partial charge in [0, 0.05) is 6.42 Å². The number of aromatic nitrogens is 2. The van der Waals surface area contributed by atoms with Gasteiger partial charge >= 0.3 is 0 Å². The van der Waals surface area contributed by atoms with Crippen molar-refractivity contribution in [3.8, 4) is 0 Å². The van der Waals surface area contributed by atoms with Crippen LogP contribution in [0, 0.1) is 0 Å². The van der Waals surface area contributed by atoms with Crippen LogP contribution in [0.15, 0.2) is 34.7 Å². The second-order valence-corrected chi connectivity index (χ2v) is 3.96. The summed E-state index contributed by atoms with van der Waals surface area (Å²) in [6.45, 7) is 0.969. The SMILES string of the molecule is CNCCCc1nnc(Cc2ccccc2)o1. The average molecular weight is 231 g/mol. The third-order valence-corrected chi connectivity index (χ3v) is 2.52. The number of nitrogens with zero attached hydrogens (tertiary/aromatic N) is 2. The van der Waals surface area contributed by atoms with Crippen molar-refractivity contribution >= 4 is 0 Å². The Bertz CT molecular complexity index is 439. The molecule has 1 aromatic carbocycles. The van der Waals surface area contributed by atoms with E-state index >= 15 is 0 Å². The smallest absolute Gasteiger partial charge is 0.220 e. The van der Waals surface area contributed by atoms with Gasteiger partial charge in [-0.15, -0.1) is 10.2 Å². The molecule has 0 fully saturated rings. The van der Waals surface area contributed by atoms with Crippen molar-refractivity contribution in [3.63, 3.8) is 0 Å². The first-order valence-corrected chi connectivity index (χ1v) is 5.88. The van der Waals surface area contributed by atoms with Crippen LogP contribution in [0.3, 0.4) is 0 Å². The summed E-state index contributed by atoms with van der Waals surface area (Å²) in [4.78, 5) is 0. The summed E-state index contributed by atoms with van der Waals surface area (Å²) in [5, 5.41) is 11.2. The Morgan fingerprint density at radius 3 is 2.65 bits per heavy atom. The maximum Gasteiger partial charge on any atom is 0.220 e. The van der Waals surface area contributed by atoms with Crippen LogP contribution in [0.5, 0.6) is 0 Å². The van der Waals surface area contributed by atoms with Gasteiger partial charge in [-0.3, -0.25) is 0 Å². The molecule has 90 valence electrons. The zero-order chi connectivity index (χ0) is 11.9. The molecule has 0 unspecified atom stereocenters. The molecule has 4 heteroatoms. The number of rotatable bonds is 6. The summed E-state index contributed by atoms with van der Waals surface area (Å²) < 4.78 is 5.58. The Hall–Kier alpha value is -1.68. The van der Waals surface area contributed by atoms with E-state index in [-0.39, 0.29) is 0 Å². The number of aryl methyl sites for hydroxylation is 1. The number of hydrogen-bond acceptors (Lipinski definition) is 4. The predicted octanol–water partition coefficient (Wildman–Crippen LogP) is 1.81. The fraction of sp³-hybridized carbons (Fsp3) is 0.385. The number of nitrogens with one attached hydrogen (secondary N) is 1. The van der Waals surface area contributed by atoms with Crippen molar-refractivity contribution in [1.82, 2.24) is 15.5 Å². The first-order valence-electron chi connectivity index (χ1n) is 5.88. The lowest BCUT2D eigenvalue weighted by Crippen LogP contribution is -2.08. The third-order valence-electron chi connectivity index (χ3n) is 2.52. The highest BCUT2D eigenvalue weighted by molar-refractivity contribution is 5.17. The lowest BCUT2D eigenvalue weighted by molar-refractivity contribution is 0.451. The molecule has 1 heterocycles. The van der Waals surface area contributed by atoms with Gasteiger partial charge in [0.15, 0.2) is 0 Å².